The maximum Gasteiger partial charge on any atom is 0.259 e. The van der Waals surface area contributed by atoms with E-state index in [9.17, 15) is 4.79 Å². The van der Waals surface area contributed by atoms with E-state index in [1.165, 1.54) is 0 Å². The zero-order valence-electron chi connectivity index (χ0n) is 12.4. The van der Waals surface area contributed by atoms with Gasteiger partial charge in [-0.05, 0) is 33.3 Å². The van der Waals surface area contributed by atoms with Crippen LogP contribution in [0.2, 0.25) is 0 Å². The Bertz CT molecular complexity index is 648. The van der Waals surface area contributed by atoms with Gasteiger partial charge < -0.3 is 15.0 Å². The van der Waals surface area contributed by atoms with Gasteiger partial charge in [0.15, 0.2) is 0 Å². The molecule has 0 saturated carbocycles. The van der Waals surface area contributed by atoms with E-state index in [1.807, 2.05) is 27.7 Å². The largest absolute Gasteiger partial charge is 0.380 e. The number of nitrogens with zero attached hydrogens (tertiary/aromatic N) is 1. The molecule has 0 radical (unpaired) electrons. The Morgan fingerprint density at radius 1 is 1.45 bits per heavy atom. The number of H-pyrrole nitrogens is 1. The van der Waals surface area contributed by atoms with Crippen LogP contribution >= 0.6 is 11.3 Å². The highest BCUT2D eigenvalue weighted by Gasteiger charge is 2.12. The van der Waals surface area contributed by atoms with Crippen molar-refractivity contribution in [1.29, 1.82) is 0 Å². The summed E-state index contributed by atoms with van der Waals surface area (Å²) in [6, 6.07) is 0.225. The minimum atomic E-state index is -0.0499. The summed E-state index contributed by atoms with van der Waals surface area (Å²) < 4.78 is 5.34. The first-order valence-corrected chi connectivity index (χ1v) is 7.64. The zero-order chi connectivity index (χ0) is 14.7. The lowest BCUT2D eigenvalue weighted by Gasteiger charge is -2.12. The average Bonchev–Trinajstić information content (AvgIpc) is 2.69. The number of rotatable bonds is 6. The van der Waals surface area contributed by atoms with E-state index in [-0.39, 0.29) is 11.6 Å². The van der Waals surface area contributed by atoms with Gasteiger partial charge in [0.25, 0.3) is 5.56 Å². The van der Waals surface area contributed by atoms with Crippen LogP contribution in [0.25, 0.3) is 10.2 Å². The van der Waals surface area contributed by atoms with E-state index in [0.29, 0.717) is 25.6 Å². The van der Waals surface area contributed by atoms with Crippen LogP contribution in [0.15, 0.2) is 4.79 Å². The van der Waals surface area contributed by atoms with Gasteiger partial charge in [0.05, 0.1) is 18.5 Å². The molecule has 1 atom stereocenters. The Morgan fingerprint density at radius 3 is 2.90 bits per heavy atom. The summed E-state index contributed by atoms with van der Waals surface area (Å²) in [5.74, 6) is 0.673. The van der Waals surface area contributed by atoms with Crippen molar-refractivity contribution in [2.75, 3.05) is 13.2 Å². The molecule has 0 aliphatic carbocycles. The van der Waals surface area contributed by atoms with E-state index >= 15 is 0 Å². The van der Waals surface area contributed by atoms with E-state index in [1.54, 1.807) is 11.3 Å². The van der Waals surface area contributed by atoms with Crippen molar-refractivity contribution in [2.24, 2.45) is 0 Å². The fraction of sp³-hybridized carbons (Fsp3) is 0.571. The maximum absolute atomic E-state index is 12.1. The molecule has 0 bridgehead atoms. The van der Waals surface area contributed by atoms with Crippen molar-refractivity contribution in [2.45, 2.75) is 40.3 Å². The van der Waals surface area contributed by atoms with Gasteiger partial charge in [0.2, 0.25) is 0 Å². The highest BCUT2D eigenvalue weighted by Crippen LogP contribution is 2.25. The second kappa shape index (κ2) is 6.47. The van der Waals surface area contributed by atoms with Crippen LogP contribution < -0.4 is 10.9 Å². The smallest absolute Gasteiger partial charge is 0.259 e. The second-order valence-electron chi connectivity index (χ2n) is 4.92. The lowest BCUT2D eigenvalue weighted by atomic mass is 10.2. The number of aromatic nitrogens is 2. The van der Waals surface area contributed by atoms with E-state index in [0.717, 1.165) is 20.7 Å². The SMILES string of the molecule is CCOCC(C)NCc1nc2sc(C)c(C)c2c(=O)[nH]1. The molecule has 0 amide bonds. The molecule has 1 unspecified atom stereocenters. The third-order valence-electron chi connectivity index (χ3n) is 3.28. The molecule has 110 valence electrons. The van der Waals surface area contributed by atoms with Gasteiger partial charge >= 0.3 is 0 Å². The van der Waals surface area contributed by atoms with Gasteiger partial charge in [-0.2, -0.15) is 0 Å². The molecule has 2 N–H and O–H groups in total. The summed E-state index contributed by atoms with van der Waals surface area (Å²) in [6.07, 6.45) is 0. The number of ether oxygens (including phenoxy) is 1. The standard InChI is InChI=1S/C14H21N3O2S/c1-5-19-7-8(2)15-6-11-16-13(18)12-9(3)10(4)20-14(12)17-11/h8,15H,5-7H2,1-4H3,(H,16,17,18). The quantitative estimate of drug-likeness (QED) is 0.856. The first-order chi connectivity index (χ1) is 9.52. The molecular weight excluding hydrogens is 274 g/mol. The minimum absolute atomic E-state index is 0.0499. The summed E-state index contributed by atoms with van der Waals surface area (Å²) in [5, 5.41) is 4.01. The molecule has 0 aliphatic heterocycles. The van der Waals surface area contributed by atoms with E-state index < -0.39 is 0 Å². The molecule has 2 aromatic rings. The lowest BCUT2D eigenvalue weighted by Crippen LogP contribution is -2.31. The van der Waals surface area contributed by atoms with Gasteiger partial charge in [0.1, 0.15) is 10.7 Å². The van der Waals surface area contributed by atoms with Crippen LogP contribution in [0.1, 0.15) is 30.1 Å². The zero-order valence-corrected chi connectivity index (χ0v) is 13.2. The van der Waals surface area contributed by atoms with Crippen LogP contribution in [-0.2, 0) is 11.3 Å². The van der Waals surface area contributed by atoms with Crippen LogP contribution in [0, 0.1) is 13.8 Å². The Kier molecular flexibility index (Phi) is 4.91. The van der Waals surface area contributed by atoms with Crippen molar-refractivity contribution in [3.8, 4) is 0 Å². The summed E-state index contributed by atoms with van der Waals surface area (Å²) in [6.45, 7) is 9.90. The van der Waals surface area contributed by atoms with Crippen molar-refractivity contribution in [3.63, 3.8) is 0 Å². The van der Waals surface area contributed by atoms with E-state index in [4.69, 9.17) is 4.74 Å². The first-order valence-electron chi connectivity index (χ1n) is 6.83. The Morgan fingerprint density at radius 2 is 2.20 bits per heavy atom. The fourth-order valence-corrected chi connectivity index (χ4v) is 3.06. The average molecular weight is 295 g/mol. The predicted molar refractivity (Wildman–Crippen MR) is 82.5 cm³/mol. The topological polar surface area (TPSA) is 67.0 Å². The number of hydrogen-bond donors (Lipinski definition) is 2. The summed E-state index contributed by atoms with van der Waals surface area (Å²) in [7, 11) is 0. The van der Waals surface area contributed by atoms with Crippen LogP contribution in [-0.4, -0.2) is 29.2 Å². The van der Waals surface area contributed by atoms with Crippen molar-refractivity contribution >= 4 is 21.6 Å². The normalized spacial score (nSPS) is 13.0. The molecule has 5 nitrogen and oxygen atoms in total. The van der Waals surface area contributed by atoms with Crippen LogP contribution in [0.3, 0.4) is 0 Å². The van der Waals surface area contributed by atoms with Crippen LogP contribution in [0.5, 0.6) is 0 Å². The van der Waals surface area contributed by atoms with Crippen LogP contribution in [0.4, 0.5) is 0 Å². The molecule has 0 saturated heterocycles. The molecule has 0 fully saturated rings. The first kappa shape index (κ1) is 15.2. The molecular formula is C14H21N3O2S. The third-order valence-corrected chi connectivity index (χ3v) is 4.38. The van der Waals surface area contributed by atoms with Gasteiger partial charge in [-0.15, -0.1) is 11.3 Å². The van der Waals surface area contributed by atoms with Crippen molar-refractivity contribution < 1.29 is 4.74 Å². The fourth-order valence-electron chi connectivity index (χ4n) is 2.01. The molecule has 2 aromatic heterocycles. The number of nitrogens with one attached hydrogen (secondary N) is 2. The van der Waals surface area contributed by atoms with Gasteiger partial charge in [-0.25, -0.2) is 4.98 Å². The number of aromatic amines is 1. The minimum Gasteiger partial charge on any atom is -0.380 e. The van der Waals surface area contributed by atoms with Gasteiger partial charge in [-0.1, -0.05) is 0 Å². The number of thiophene rings is 1. The van der Waals surface area contributed by atoms with Gasteiger partial charge in [-0.3, -0.25) is 4.79 Å². The Hall–Kier alpha value is -1.24. The molecule has 2 heterocycles. The molecule has 0 aliphatic rings. The van der Waals surface area contributed by atoms with Crippen molar-refractivity contribution in [1.82, 2.24) is 15.3 Å². The molecule has 20 heavy (non-hydrogen) atoms. The number of aryl methyl sites for hydroxylation is 2. The van der Waals surface area contributed by atoms with Crippen molar-refractivity contribution in [3.05, 3.63) is 26.6 Å². The summed E-state index contributed by atoms with van der Waals surface area (Å²) >= 11 is 1.57. The highest BCUT2D eigenvalue weighted by molar-refractivity contribution is 7.18. The molecule has 6 heteroatoms. The highest BCUT2D eigenvalue weighted by atomic mass is 32.1. The molecule has 0 spiro atoms. The lowest BCUT2D eigenvalue weighted by molar-refractivity contribution is 0.127. The molecule has 2 rings (SSSR count). The predicted octanol–water partition coefficient (Wildman–Crippen LogP) is 2.12. The monoisotopic (exact) mass is 295 g/mol. The third kappa shape index (κ3) is 3.26. The molecule has 0 aromatic carbocycles. The van der Waals surface area contributed by atoms with Gasteiger partial charge in [0, 0.05) is 17.5 Å². The maximum atomic E-state index is 12.1. The summed E-state index contributed by atoms with van der Waals surface area (Å²) in [4.78, 5) is 21.5. The summed E-state index contributed by atoms with van der Waals surface area (Å²) in [5.41, 5.74) is 0.981. The Balaban J connectivity index is 2.14. The number of fused-ring (bicyclic) bond motifs is 1. The number of hydrogen-bond acceptors (Lipinski definition) is 5. The van der Waals surface area contributed by atoms with E-state index in [2.05, 4.69) is 15.3 Å². The Labute approximate surface area is 122 Å². The second-order valence-corrected chi connectivity index (χ2v) is 6.12.